The van der Waals surface area contributed by atoms with Gasteiger partial charge in [-0.25, -0.2) is 4.98 Å². The molecule has 0 spiro atoms. The van der Waals surface area contributed by atoms with Gasteiger partial charge in [0.15, 0.2) is 5.82 Å². The predicted molar refractivity (Wildman–Crippen MR) is 80.2 cm³/mol. The van der Waals surface area contributed by atoms with Gasteiger partial charge in [0, 0.05) is 25.0 Å². The van der Waals surface area contributed by atoms with Crippen molar-refractivity contribution in [2.24, 2.45) is 0 Å². The lowest BCUT2D eigenvalue weighted by Crippen LogP contribution is -2.47. The number of likely N-dealkylation sites (N-methyl/N-ethyl adjacent to an activating group) is 1. The summed E-state index contributed by atoms with van der Waals surface area (Å²) in [6.45, 7) is 5.98. The van der Waals surface area contributed by atoms with E-state index in [0.29, 0.717) is 5.82 Å². The van der Waals surface area contributed by atoms with E-state index < -0.39 is 0 Å². The fourth-order valence-electron chi connectivity index (χ4n) is 2.87. The van der Waals surface area contributed by atoms with Crippen LogP contribution in [0.5, 0.6) is 0 Å². The molecule has 20 heavy (non-hydrogen) atoms. The Balaban J connectivity index is 2.35. The van der Waals surface area contributed by atoms with E-state index in [1.807, 2.05) is 32.7 Å². The molecule has 0 aromatic carbocycles. The van der Waals surface area contributed by atoms with Gasteiger partial charge in [-0.2, -0.15) is 0 Å². The molecule has 1 saturated carbocycles. The summed E-state index contributed by atoms with van der Waals surface area (Å²) in [5.74, 6) is 0.424. The number of rotatable bonds is 2. The first-order valence-electron chi connectivity index (χ1n) is 7.31. The minimum atomic E-state index is -0.377. The summed E-state index contributed by atoms with van der Waals surface area (Å²) in [5.41, 5.74) is -0.374. The molecule has 1 fully saturated rings. The Hall–Kier alpha value is -1.36. The summed E-state index contributed by atoms with van der Waals surface area (Å²) >= 11 is 0. The first-order valence-corrected chi connectivity index (χ1v) is 7.31. The summed E-state index contributed by atoms with van der Waals surface area (Å²) in [5, 5.41) is 10.1. The summed E-state index contributed by atoms with van der Waals surface area (Å²) in [6, 6.07) is -0.0141. The molecule has 0 saturated heterocycles. The second kappa shape index (κ2) is 5.56. The Bertz CT molecular complexity index is 519. The van der Waals surface area contributed by atoms with E-state index in [1.165, 1.54) is 0 Å². The average molecular weight is 279 g/mol. The molecule has 5 nitrogen and oxygen atoms in total. The number of anilines is 1. The van der Waals surface area contributed by atoms with Crippen LogP contribution >= 0.6 is 0 Å². The molecule has 2 unspecified atom stereocenters. The highest BCUT2D eigenvalue weighted by atomic mass is 16.3. The number of aromatic nitrogens is 2. The maximum Gasteiger partial charge on any atom is 0.293 e. The Morgan fingerprint density at radius 1 is 1.35 bits per heavy atom. The van der Waals surface area contributed by atoms with Crippen LogP contribution in [0.2, 0.25) is 0 Å². The Kier molecular flexibility index (Phi) is 4.18. The van der Waals surface area contributed by atoms with Crippen LogP contribution in [-0.4, -0.2) is 33.9 Å². The van der Waals surface area contributed by atoms with E-state index in [2.05, 4.69) is 4.98 Å². The summed E-state index contributed by atoms with van der Waals surface area (Å²) in [7, 11) is 1.86. The van der Waals surface area contributed by atoms with Crippen molar-refractivity contribution >= 4 is 5.82 Å². The highest BCUT2D eigenvalue weighted by Crippen LogP contribution is 2.24. The van der Waals surface area contributed by atoms with E-state index in [-0.39, 0.29) is 23.2 Å². The van der Waals surface area contributed by atoms with E-state index in [4.69, 9.17) is 0 Å². The third kappa shape index (κ3) is 2.87. The van der Waals surface area contributed by atoms with Crippen LogP contribution in [0, 0.1) is 0 Å². The zero-order chi connectivity index (χ0) is 14.9. The fraction of sp³-hybridized carbons (Fsp3) is 0.733. The maximum absolute atomic E-state index is 12.6. The van der Waals surface area contributed by atoms with Gasteiger partial charge in [0.2, 0.25) is 0 Å². The highest BCUT2D eigenvalue weighted by molar-refractivity contribution is 5.37. The second-order valence-corrected chi connectivity index (χ2v) is 6.63. The quantitative estimate of drug-likeness (QED) is 0.896. The Labute approximate surface area is 120 Å². The molecule has 2 atom stereocenters. The molecule has 0 radical (unpaired) electrons. The van der Waals surface area contributed by atoms with Crippen LogP contribution in [0.15, 0.2) is 17.2 Å². The molecule has 1 aromatic heterocycles. The van der Waals surface area contributed by atoms with Gasteiger partial charge < -0.3 is 14.6 Å². The largest absolute Gasteiger partial charge is 0.391 e. The fourth-order valence-corrected chi connectivity index (χ4v) is 2.87. The number of hydrogen-bond acceptors (Lipinski definition) is 4. The van der Waals surface area contributed by atoms with Gasteiger partial charge in [-0.05, 0) is 33.6 Å². The van der Waals surface area contributed by atoms with Crippen LogP contribution in [0.1, 0.15) is 46.5 Å². The highest BCUT2D eigenvalue weighted by Gasteiger charge is 2.29. The number of aliphatic hydroxyl groups excluding tert-OH is 1. The van der Waals surface area contributed by atoms with E-state index in [1.54, 1.807) is 17.0 Å². The van der Waals surface area contributed by atoms with Crippen molar-refractivity contribution in [3.8, 4) is 0 Å². The van der Waals surface area contributed by atoms with Gasteiger partial charge in [0.1, 0.15) is 0 Å². The normalized spacial score (nSPS) is 23.6. The van der Waals surface area contributed by atoms with Crippen molar-refractivity contribution in [2.45, 2.75) is 64.1 Å². The Morgan fingerprint density at radius 2 is 2.00 bits per heavy atom. The van der Waals surface area contributed by atoms with Crippen molar-refractivity contribution in [1.29, 1.82) is 0 Å². The average Bonchev–Trinajstić information content (AvgIpc) is 2.37. The zero-order valence-corrected chi connectivity index (χ0v) is 12.8. The van der Waals surface area contributed by atoms with Gasteiger partial charge in [-0.1, -0.05) is 12.8 Å². The van der Waals surface area contributed by atoms with Gasteiger partial charge in [-0.3, -0.25) is 4.79 Å². The zero-order valence-electron chi connectivity index (χ0n) is 12.8. The molecule has 0 amide bonds. The minimum absolute atomic E-state index is 0.0141. The molecule has 112 valence electrons. The first kappa shape index (κ1) is 15.0. The van der Waals surface area contributed by atoms with Gasteiger partial charge in [0.25, 0.3) is 5.56 Å². The lowest BCUT2D eigenvalue weighted by Gasteiger charge is -2.36. The Morgan fingerprint density at radius 3 is 2.60 bits per heavy atom. The number of nitrogens with zero attached hydrogens (tertiary/aromatic N) is 3. The van der Waals surface area contributed by atoms with Crippen molar-refractivity contribution in [3.05, 3.63) is 22.7 Å². The van der Waals surface area contributed by atoms with Gasteiger partial charge in [0.05, 0.1) is 12.1 Å². The van der Waals surface area contributed by atoms with Crippen LogP contribution in [0.25, 0.3) is 0 Å². The molecule has 5 heteroatoms. The summed E-state index contributed by atoms with van der Waals surface area (Å²) < 4.78 is 1.70. The molecule has 1 aliphatic rings. The molecule has 2 rings (SSSR count). The molecule has 0 bridgehead atoms. The standard InChI is InChI=1S/C15H25N3O2/c1-15(2,3)18-10-9-16-13(14(18)20)17(4)11-7-5-6-8-12(11)19/h9-12,19H,5-8H2,1-4H3. The van der Waals surface area contributed by atoms with Crippen LogP contribution in [0.3, 0.4) is 0 Å². The topological polar surface area (TPSA) is 58.4 Å². The first-order chi connectivity index (χ1) is 9.32. The minimum Gasteiger partial charge on any atom is -0.391 e. The predicted octanol–water partition coefficient (Wildman–Crippen LogP) is 1.74. The molecule has 1 aliphatic carbocycles. The van der Waals surface area contributed by atoms with Crippen LogP contribution in [0.4, 0.5) is 5.82 Å². The summed E-state index contributed by atoms with van der Waals surface area (Å²) in [4.78, 5) is 18.7. The van der Waals surface area contributed by atoms with Crippen LogP contribution in [-0.2, 0) is 5.54 Å². The monoisotopic (exact) mass is 279 g/mol. The summed E-state index contributed by atoms with van der Waals surface area (Å²) in [6.07, 6.45) is 6.85. The maximum atomic E-state index is 12.6. The molecular weight excluding hydrogens is 254 g/mol. The second-order valence-electron chi connectivity index (χ2n) is 6.63. The van der Waals surface area contributed by atoms with Crippen LogP contribution < -0.4 is 10.5 Å². The lowest BCUT2D eigenvalue weighted by atomic mass is 9.91. The van der Waals surface area contributed by atoms with Gasteiger partial charge >= 0.3 is 0 Å². The third-order valence-electron chi connectivity index (χ3n) is 4.07. The van der Waals surface area contributed by atoms with Crippen molar-refractivity contribution in [1.82, 2.24) is 9.55 Å². The smallest absolute Gasteiger partial charge is 0.293 e. The van der Waals surface area contributed by atoms with Gasteiger partial charge in [-0.15, -0.1) is 0 Å². The molecule has 1 heterocycles. The van der Waals surface area contributed by atoms with E-state index in [9.17, 15) is 9.90 Å². The van der Waals surface area contributed by atoms with Crippen molar-refractivity contribution < 1.29 is 5.11 Å². The van der Waals surface area contributed by atoms with Crippen molar-refractivity contribution in [3.63, 3.8) is 0 Å². The van der Waals surface area contributed by atoms with E-state index >= 15 is 0 Å². The molecule has 1 aromatic rings. The molecular formula is C15H25N3O2. The van der Waals surface area contributed by atoms with E-state index in [0.717, 1.165) is 25.7 Å². The molecule has 1 N–H and O–H groups in total. The van der Waals surface area contributed by atoms with Crippen molar-refractivity contribution in [2.75, 3.05) is 11.9 Å². The number of hydrogen-bond donors (Lipinski definition) is 1. The molecule has 0 aliphatic heterocycles. The number of aliphatic hydroxyl groups is 1. The lowest BCUT2D eigenvalue weighted by molar-refractivity contribution is 0.106. The third-order valence-corrected chi connectivity index (χ3v) is 4.07. The SMILES string of the molecule is CN(c1nccn(C(C)(C)C)c1=O)C1CCCCC1O.